The van der Waals surface area contributed by atoms with Crippen molar-refractivity contribution in [2.24, 2.45) is 5.14 Å². The number of rotatable bonds is 5. The largest absolute Gasteiger partial charge is 0.446 e. The van der Waals surface area contributed by atoms with Crippen molar-refractivity contribution in [1.82, 2.24) is 0 Å². The van der Waals surface area contributed by atoms with Crippen LogP contribution in [0.4, 0.5) is 5.69 Å². The number of anilines is 1. The third-order valence-corrected chi connectivity index (χ3v) is 3.27. The Morgan fingerprint density at radius 1 is 1.26 bits per heavy atom. The summed E-state index contributed by atoms with van der Waals surface area (Å²) >= 11 is 0. The van der Waals surface area contributed by atoms with Gasteiger partial charge < -0.3 is 14.8 Å². The Morgan fingerprint density at radius 2 is 2.05 bits per heavy atom. The number of hydrogen-bond donors (Lipinski definition) is 3. The van der Waals surface area contributed by atoms with Crippen LogP contribution in [0.1, 0.15) is 11.3 Å². The van der Waals surface area contributed by atoms with Crippen molar-refractivity contribution in [2.75, 3.05) is 5.32 Å². The van der Waals surface area contributed by atoms with Crippen molar-refractivity contribution in [3.8, 4) is 0 Å². The normalized spacial score (nSPS) is 11.5. The van der Waals surface area contributed by atoms with Gasteiger partial charge in [0.25, 0.3) is 10.0 Å². The van der Waals surface area contributed by atoms with E-state index < -0.39 is 10.0 Å². The molecule has 0 saturated carbocycles. The number of nitrogens with one attached hydrogen (secondary N) is 1. The van der Waals surface area contributed by atoms with E-state index >= 15 is 0 Å². The topological polar surface area (TPSA) is 106 Å². The third kappa shape index (κ3) is 3.57. The molecule has 19 heavy (non-hydrogen) atoms. The van der Waals surface area contributed by atoms with Crippen LogP contribution in [0.5, 0.6) is 0 Å². The van der Waals surface area contributed by atoms with Crippen LogP contribution in [0.3, 0.4) is 0 Å². The van der Waals surface area contributed by atoms with Crippen LogP contribution < -0.4 is 10.5 Å². The van der Waals surface area contributed by atoms with Crippen molar-refractivity contribution in [3.63, 3.8) is 0 Å². The van der Waals surface area contributed by atoms with Crippen LogP contribution in [0.15, 0.2) is 45.9 Å². The standard InChI is InChI=1S/C12H14N2O4S/c13-19(16,17)12-5-4-11(18-12)7-14-10-3-1-2-9(6-10)8-15/h1-6,14-15H,7-8H2,(H2,13,16,17). The minimum Gasteiger partial charge on any atom is -0.446 e. The van der Waals surface area contributed by atoms with E-state index in [4.69, 9.17) is 14.7 Å². The summed E-state index contributed by atoms with van der Waals surface area (Å²) in [5.74, 6) is 0.457. The number of benzene rings is 1. The summed E-state index contributed by atoms with van der Waals surface area (Å²) in [5, 5.41) is 16.8. The average Bonchev–Trinajstić information content (AvgIpc) is 2.85. The van der Waals surface area contributed by atoms with E-state index in [0.717, 1.165) is 11.3 Å². The highest BCUT2D eigenvalue weighted by Gasteiger charge is 2.12. The van der Waals surface area contributed by atoms with Crippen LogP contribution in [0.2, 0.25) is 0 Å². The van der Waals surface area contributed by atoms with Crippen molar-refractivity contribution in [2.45, 2.75) is 18.2 Å². The lowest BCUT2D eigenvalue weighted by atomic mass is 10.2. The van der Waals surface area contributed by atoms with E-state index in [2.05, 4.69) is 5.32 Å². The van der Waals surface area contributed by atoms with Crippen LogP contribution in [-0.2, 0) is 23.2 Å². The van der Waals surface area contributed by atoms with E-state index in [1.165, 1.54) is 6.07 Å². The Hall–Kier alpha value is -1.83. The lowest BCUT2D eigenvalue weighted by Gasteiger charge is -2.05. The molecule has 0 bridgehead atoms. The molecule has 0 aliphatic carbocycles. The minimum absolute atomic E-state index is 0.0359. The zero-order valence-corrected chi connectivity index (χ0v) is 10.9. The van der Waals surface area contributed by atoms with E-state index in [9.17, 15) is 8.42 Å². The Labute approximate surface area is 110 Å². The zero-order chi connectivity index (χ0) is 13.9. The molecule has 0 unspecified atom stereocenters. The molecule has 1 aromatic heterocycles. The van der Waals surface area contributed by atoms with Gasteiger partial charge in [-0.25, -0.2) is 13.6 Å². The van der Waals surface area contributed by atoms with Crippen LogP contribution >= 0.6 is 0 Å². The third-order valence-electron chi connectivity index (χ3n) is 2.49. The SMILES string of the molecule is NS(=O)(=O)c1ccc(CNc2cccc(CO)c2)o1. The van der Waals surface area contributed by atoms with E-state index in [1.807, 2.05) is 12.1 Å². The number of nitrogens with two attached hydrogens (primary N) is 1. The van der Waals surface area contributed by atoms with Crippen molar-refractivity contribution >= 4 is 15.7 Å². The van der Waals surface area contributed by atoms with Crippen molar-refractivity contribution < 1.29 is 17.9 Å². The molecule has 7 heteroatoms. The minimum atomic E-state index is -3.80. The van der Waals surface area contributed by atoms with Gasteiger partial charge in [-0.1, -0.05) is 12.1 Å². The fraction of sp³-hybridized carbons (Fsp3) is 0.167. The lowest BCUT2D eigenvalue weighted by molar-refractivity contribution is 0.282. The molecule has 2 aromatic rings. The molecule has 6 nitrogen and oxygen atoms in total. The molecule has 0 amide bonds. The molecule has 102 valence electrons. The summed E-state index contributed by atoms with van der Waals surface area (Å²) in [6.07, 6.45) is 0. The maximum Gasteiger partial charge on any atom is 0.271 e. The summed E-state index contributed by atoms with van der Waals surface area (Å²) in [6, 6.07) is 10.1. The maximum absolute atomic E-state index is 11.0. The molecule has 1 aromatic carbocycles. The second kappa shape index (κ2) is 5.43. The Morgan fingerprint density at radius 3 is 2.68 bits per heavy atom. The molecule has 0 fully saturated rings. The predicted molar refractivity (Wildman–Crippen MR) is 69.8 cm³/mol. The smallest absolute Gasteiger partial charge is 0.271 e. The number of aliphatic hydroxyl groups excluding tert-OH is 1. The molecule has 0 aliphatic heterocycles. The molecular formula is C12H14N2O4S. The molecule has 0 radical (unpaired) electrons. The molecule has 0 aliphatic rings. The van der Waals surface area contributed by atoms with Crippen LogP contribution in [-0.4, -0.2) is 13.5 Å². The zero-order valence-electron chi connectivity index (χ0n) is 10.0. The average molecular weight is 282 g/mol. The van der Waals surface area contributed by atoms with Gasteiger partial charge in [-0.15, -0.1) is 0 Å². The molecular weight excluding hydrogens is 268 g/mol. The van der Waals surface area contributed by atoms with Gasteiger partial charge in [0, 0.05) is 5.69 Å². The first-order valence-corrected chi connectivity index (χ1v) is 7.09. The van der Waals surface area contributed by atoms with Crippen molar-refractivity contribution in [1.29, 1.82) is 0 Å². The fourth-order valence-corrected chi connectivity index (χ4v) is 2.06. The monoisotopic (exact) mass is 282 g/mol. The predicted octanol–water partition coefficient (Wildman–Crippen LogP) is 1.03. The maximum atomic E-state index is 11.0. The number of sulfonamides is 1. The van der Waals surface area contributed by atoms with Gasteiger partial charge >= 0.3 is 0 Å². The summed E-state index contributed by atoms with van der Waals surface area (Å²) in [5.41, 5.74) is 1.59. The lowest BCUT2D eigenvalue weighted by Crippen LogP contribution is -2.10. The highest BCUT2D eigenvalue weighted by atomic mass is 32.2. The first kappa shape index (κ1) is 13.6. The summed E-state index contributed by atoms with van der Waals surface area (Å²) < 4.78 is 27.2. The Bertz CT molecular complexity index is 664. The second-order valence-electron chi connectivity index (χ2n) is 3.98. The highest BCUT2D eigenvalue weighted by Crippen LogP contribution is 2.15. The highest BCUT2D eigenvalue weighted by molar-refractivity contribution is 7.89. The molecule has 0 atom stereocenters. The second-order valence-corrected chi connectivity index (χ2v) is 5.47. The number of hydrogen-bond acceptors (Lipinski definition) is 5. The van der Waals surface area contributed by atoms with Gasteiger partial charge in [0.05, 0.1) is 13.2 Å². The number of furan rings is 1. The van der Waals surface area contributed by atoms with Gasteiger partial charge in [0.15, 0.2) is 0 Å². The molecule has 1 heterocycles. The number of aliphatic hydroxyl groups is 1. The van der Waals surface area contributed by atoms with Crippen LogP contribution in [0, 0.1) is 0 Å². The molecule has 0 spiro atoms. The Kier molecular flexibility index (Phi) is 3.89. The van der Waals surface area contributed by atoms with E-state index in [0.29, 0.717) is 12.3 Å². The van der Waals surface area contributed by atoms with Gasteiger partial charge in [-0.05, 0) is 29.8 Å². The first-order chi connectivity index (χ1) is 8.99. The van der Waals surface area contributed by atoms with Crippen molar-refractivity contribution in [3.05, 3.63) is 47.7 Å². The quantitative estimate of drug-likeness (QED) is 0.759. The number of primary sulfonamides is 1. The first-order valence-electron chi connectivity index (χ1n) is 5.54. The van der Waals surface area contributed by atoms with Crippen LogP contribution in [0.25, 0.3) is 0 Å². The van der Waals surface area contributed by atoms with Gasteiger partial charge in [-0.2, -0.15) is 0 Å². The van der Waals surface area contributed by atoms with Gasteiger partial charge in [0.1, 0.15) is 5.76 Å². The molecule has 0 saturated heterocycles. The van der Waals surface area contributed by atoms with Gasteiger partial charge in [-0.3, -0.25) is 0 Å². The van der Waals surface area contributed by atoms with E-state index in [1.54, 1.807) is 18.2 Å². The Balaban J connectivity index is 2.04. The fourth-order valence-electron chi connectivity index (χ4n) is 1.57. The summed E-state index contributed by atoms with van der Waals surface area (Å²) in [4.78, 5) is 0. The summed E-state index contributed by atoms with van der Waals surface area (Å²) in [6.45, 7) is 0.288. The molecule has 2 rings (SSSR count). The van der Waals surface area contributed by atoms with Gasteiger partial charge in [0.2, 0.25) is 5.09 Å². The van der Waals surface area contributed by atoms with E-state index in [-0.39, 0.29) is 11.7 Å². The summed E-state index contributed by atoms with van der Waals surface area (Å²) in [7, 11) is -3.80. The molecule has 4 N–H and O–H groups in total.